The second kappa shape index (κ2) is 4.98. The van der Waals surface area contributed by atoms with Gasteiger partial charge in [0.1, 0.15) is 11.0 Å². The maximum absolute atomic E-state index is 12.4. The van der Waals surface area contributed by atoms with Crippen LogP contribution >= 0.6 is 0 Å². The number of nitrogens with one attached hydrogen (secondary N) is 1. The molecule has 0 bridgehead atoms. The normalized spacial score (nSPS) is 11.2. The molecule has 0 saturated carbocycles. The number of hydrogen-bond donors (Lipinski definition) is 1. The molecule has 1 N–H and O–H groups in total. The molecule has 114 valence electrons. The van der Waals surface area contributed by atoms with E-state index < -0.39 is 0 Å². The monoisotopic (exact) mass is 305 g/mol. The molecule has 23 heavy (non-hydrogen) atoms. The van der Waals surface area contributed by atoms with Crippen molar-refractivity contribution in [3.05, 3.63) is 64.6 Å². The average molecular weight is 305 g/mol. The summed E-state index contributed by atoms with van der Waals surface area (Å²) in [7, 11) is 1.86. The van der Waals surface area contributed by atoms with Crippen LogP contribution in [0.25, 0.3) is 27.6 Å². The Morgan fingerprint density at radius 2 is 1.91 bits per heavy atom. The smallest absolute Gasteiger partial charge is 0.347 e. The number of aromatic nitrogens is 2. The maximum atomic E-state index is 12.4. The van der Waals surface area contributed by atoms with Gasteiger partial charge in [-0.05, 0) is 37.3 Å². The van der Waals surface area contributed by atoms with E-state index in [2.05, 4.69) is 10.4 Å². The first-order chi connectivity index (χ1) is 11.2. The molecule has 2 heterocycles. The van der Waals surface area contributed by atoms with Gasteiger partial charge in [0, 0.05) is 18.1 Å². The Morgan fingerprint density at radius 3 is 2.65 bits per heavy atom. The fourth-order valence-corrected chi connectivity index (χ4v) is 2.89. The van der Waals surface area contributed by atoms with Crippen LogP contribution < -0.4 is 10.9 Å². The molecule has 0 fully saturated rings. The van der Waals surface area contributed by atoms with Crippen molar-refractivity contribution in [2.45, 2.75) is 6.92 Å². The second-order valence-electron chi connectivity index (χ2n) is 5.41. The van der Waals surface area contributed by atoms with Gasteiger partial charge in [-0.1, -0.05) is 18.2 Å². The van der Waals surface area contributed by atoms with E-state index in [0.29, 0.717) is 16.7 Å². The number of anilines is 1. The van der Waals surface area contributed by atoms with Crippen molar-refractivity contribution in [2.75, 3.05) is 12.4 Å². The molecule has 0 aliphatic heterocycles. The lowest BCUT2D eigenvalue weighted by atomic mass is 10.1. The van der Waals surface area contributed by atoms with Crippen LogP contribution in [0.3, 0.4) is 0 Å². The average Bonchev–Trinajstić information content (AvgIpc) is 2.94. The van der Waals surface area contributed by atoms with Crippen molar-refractivity contribution in [1.29, 1.82) is 0 Å². The SMILES string of the molecule is CNc1ccc2oc(=O)c3c(C)nn(-c4ccccc4)c3c2c1. The molecule has 4 rings (SSSR count). The predicted molar refractivity (Wildman–Crippen MR) is 91.4 cm³/mol. The fourth-order valence-electron chi connectivity index (χ4n) is 2.89. The highest BCUT2D eigenvalue weighted by molar-refractivity contribution is 6.04. The van der Waals surface area contributed by atoms with E-state index in [1.165, 1.54) is 0 Å². The van der Waals surface area contributed by atoms with Gasteiger partial charge in [-0.25, -0.2) is 9.48 Å². The Bertz CT molecular complexity index is 1080. The van der Waals surface area contributed by atoms with Gasteiger partial charge in [0.05, 0.1) is 16.9 Å². The summed E-state index contributed by atoms with van der Waals surface area (Å²) in [5.41, 5.74) is 3.49. The molecule has 5 nitrogen and oxygen atoms in total. The molecule has 5 heteroatoms. The first-order valence-electron chi connectivity index (χ1n) is 7.38. The minimum Gasteiger partial charge on any atom is -0.422 e. The molecule has 2 aromatic heterocycles. The van der Waals surface area contributed by atoms with Gasteiger partial charge in [-0.15, -0.1) is 0 Å². The largest absolute Gasteiger partial charge is 0.422 e. The quantitative estimate of drug-likeness (QED) is 0.576. The third-order valence-corrected chi connectivity index (χ3v) is 3.99. The third-order valence-electron chi connectivity index (χ3n) is 3.99. The Labute approximate surface area is 132 Å². The van der Waals surface area contributed by atoms with Crippen LogP contribution in [0.15, 0.2) is 57.7 Å². The summed E-state index contributed by atoms with van der Waals surface area (Å²) >= 11 is 0. The highest BCUT2D eigenvalue weighted by Gasteiger charge is 2.17. The summed E-state index contributed by atoms with van der Waals surface area (Å²) in [6.07, 6.45) is 0. The molecule has 0 atom stereocenters. The Balaban J connectivity index is 2.22. The van der Waals surface area contributed by atoms with Gasteiger partial charge in [0.15, 0.2) is 0 Å². The lowest BCUT2D eigenvalue weighted by molar-refractivity contribution is 0.569. The molecule has 0 spiro atoms. The van der Waals surface area contributed by atoms with E-state index in [0.717, 1.165) is 22.3 Å². The summed E-state index contributed by atoms with van der Waals surface area (Å²) in [5.74, 6) is 0. The lowest BCUT2D eigenvalue weighted by Gasteiger charge is -2.07. The standard InChI is InChI=1S/C18H15N3O2/c1-11-16-17(21(20-11)13-6-4-3-5-7-13)14-10-12(19-2)8-9-15(14)23-18(16)22/h3-10,19H,1-2H3. The summed E-state index contributed by atoms with van der Waals surface area (Å²) in [6, 6.07) is 15.4. The fraction of sp³-hybridized carbons (Fsp3) is 0.111. The number of benzene rings is 2. The minimum atomic E-state index is -0.357. The van der Waals surface area contributed by atoms with Crippen molar-refractivity contribution in [2.24, 2.45) is 0 Å². The highest BCUT2D eigenvalue weighted by atomic mass is 16.4. The number of fused-ring (bicyclic) bond motifs is 3. The van der Waals surface area contributed by atoms with E-state index in [1.54, 1.807) is 6.07 Å². The zero-order chi connectivity index (χ0) is 16.0. The summed E-state index contributed by atoms with van der Waals surface area (Å²) in [6.45, 7) is 1.83. The maximum Gasteiger partial charge on any atom is 0.347 e. The second-order valence-corrected chi connectivity index (χ2v) is 5.41. The lowest BCUT2D eigenvalue weighted by Crippen LogP contribution is -2.02. The first kappa shape index (κ1) is 13.6. The summed E-state index contributed by atoms with van der Waals surface area (Å²) in [5, 5.41) is 9.06. The Kier molecular flexibility index (Phi) is 2.94. The van der Waals surface area contributed by atoms with Gasteiger partial charge in [-0.3, -0.25) is 0 Å². The minimum absolute atomic E-state index is 0.357. The van der Waals surface area contributed by atoms with Crippen LogP contribution in [0.2, 0.25) is 0 Å². The first-order valence-corrected chi connectivity index (χ1v) is 7.38. The van der Waals surface area contributed by atoms with Gasteiger partial charge in [0.2, 0.25) is 0 Å². The van der Waals surface area contributed by atoms with Crippen LogP contribution in [0.1, 0.15) is 5.69 Å². The Hall–Kier alpha value is -3.08. The number of rotatable bonds is 2. The number of hydrogen-bond acceptors (Lipinski definition) is 4. The van der Waals surface area contributed by atoms with Gasteiger partial charge in [-0.2, -0.15) is 5.10 Å². The molecule has 0 saturated heterocycles. The van der Waals surface area contributed by atoms with Crippen LogP contribution in [0, 0.1) is 6.92 Å². The van der Waals surface area contributed by atoms with E-state index in [9.17, 15) is 4.79 Å². The van der Waals surface area contributed by atoms with Crippen LogP contribution in [-0.4, -0.2) is 16.8 Å². The van der Waals surface area contributed by atoms with Crippen molar-refractivity contribution >= 4 is 27.6 Å². The number of aryl methyl sites for hydroxylation is 1. The number of nitrogens with zero attached hydrogens (tertiary/aromatic N) is 2. The van der Waals surface area contributed by atoms with Crippen molar-refractivity contribution in [3.8, 4) is 5.69 Å². The van der Waals surface area contributed by atoms with Crippen LogP contribution in [0.5, 0.6) is 0 Å². The molecular formula is C18H15N3O2. The van der Waals surface area contributed by atoms with Gasteiger partial charge in [0.25, 0.3) is 0 Å². The van der Waals surface area contributed by atoms with Crippen LogP contribution in [0.4, 0.5) is 5.69 Å². The van der Waals surface area contributed by atoms with Gasteiger partial charge < -0.3 is 9.73 Å². The molecule has 0 aliphatic carbocycles. The summed E-state index contributed by atoms with van der Waals surface area (Å²) < 4.78 is 7.28. The molecule has 0 aliphatic rings. The van der Waals surface area contributed by atoms with Crippen molar-refractivity contribution in [1.82, 2.24) is 9.78 Å². The molecule has 0 unspecified atom stereocenters. The molecule has 2 aromatic carbocycles. The zero-order valence-corrected chi connectivity index (χ0v) is 12.8. The van der Waals surface area contributed by atoms with E-state index >= 15 is 0 Å². The number of para-hydroxylation sites is 1. The van der Waals surface area contributed by atoms with Gasteiger partial charge >= 0.3 is 5.63 Å². The van der Waals surface area contributed by atoms with Crippen molar-refractivity contribution in [3.63, 3.8) is 0 Å². The molecule has 0 radical (unpaired) electrons. The van der Waals surface area contributed by atoms with E-state index in [-0.39, 0.29) is 5.63 Å². The zero-order valence-electron chi connectivity index (χ0n) is 12.8. The third kappa shape index (κ3) is 2.01. The topological polar surface area (TPSA) is 60.1 Å². The molecule has 4 aromatic rings. The summed E-state index contributed by atoms with van der Waals surface area (Å²) in [4.78, 5) is 12.4. The molecular weight excluding hydrogens is 290 g/mol. The highest BCUT2D eigenvalue weighted by Crippen LogP contribution is 2.29. The van der Waals surface area contributed by atoms with Crippen molar-refractivity contribution < 1.29 is 4.42 Å². The van der Waals surface area contributed by atoms with Crippen LogP contribution in [-0.2, 0) is 0 Å². The Morgan fingerprint density at radius 1 is 1.13 bits per heavy atom. The predicted octanol–water partition coefficient (Wildman–Crippen LogP) is 3.48. The molecule has 0 amide bonds. The van der Waals surface area contributed by atoms with E-state index in [1.807, 2.05) is 61.1 Å². The van der Waals surface area contributed by atoms with E-state index in [4.69, 9.17) is 4.42 Å².